The van der Waals surface area contributed by atoms with E-state index in [0.717, 1.165) is 0 Å². The van der Waals surface area contributed by atoms with Crippen LogP contribution in [0, 0.1) is 0 Å². The molecule has 0 aromatic carbocycles. The van der Waals surface area contributed by atoms with E-state index in [9.17, 15) is 4.79 Å². The predicted octanol–water partition coefficient (Wildman–Crippen LogP) is 0.697. The van der Waals surface area contributed by atoms with E-state index < -0.39 is 14.4 Å². The second kappa shape index (κ2) is 5.25. The third-order valence-corrected chi connectivity index (χ3v) is 0.214. The summed E-state index contributed by atoms with van der Waals surface area (Å²) in [5, 5.41) is 9.56. The van der Waals surface area contributed by atoms with Gasteiger partial charge in [-0.2, -0.15) is 0 Å². The zero-order valence-corrected chi connectivity index (χ0v) is 7.80. The van der Waals surface area contributed by atoms with Crippen LogP contribution in [0.3, 0.4) is 0 Å². The lowest BCUT2D eigenvalue weighted by Crippen LogP contribution is -2.17. The van der Waals surface area contributed by atoms with Crippen LogP contribution in [0.25, 0.3) is 0 Å². The Morgan fingerprint density at radius 1 is 1.40 bits per heavy atom. The van der Waals surface area contributed by atoms with Gasteiger partial charge in [-0.05, 0) is 19.6 Å². The molecular weight excluding hydrogens is 150 g/mol. The van der Waals surface area contributed by atoms with Crippen molar-refractivity contribution in [3.8, 4) is 0 Å². The second-order valence-electron chi connectivity index (χ2n) is 2.73. The molecular formula is C5H15NO3Si. The molecule has 62 valence electrons. The number of carbonyl (C=O) groups is 1. The number of rotatable bonds is 0. The summed E-state index contributed by atoms with van der Waals surface area (Å²) in [5.41, 5.74) is 0. The molecule has 5 heteroatoms. The topological polar surface area (TPSA) is 69.6 Å². The molecule has 0 heterocycles. The molecule has 0 aliphatic rings. The lowest BCUT2D eigenvalue weighted by atomic mass is 11.1. The van der Waals surface area contributed by atoms with Crippen LogP contribution in [-0.2, 0) is 0 Å². The van der Waals surface area contributed by atoms with Crippen molar-refractivity contribution in [1.29, 1.82) is 0 Å². The van der Waals surface area contributed by atoms with Crippen molar-refractivity contribution in [3.05, 3.63) is 0 Å². The lowest BCUT2D eigenvalue weighted by molar-refractivity contribution is 0.197. The Labute approximate surface area is 62.0 Å². The van der Waals surface area contributed by atoms with Crippen molar-refractivity contribution in [2.75, 3.05) is 7.05 Å². The zero-order valence-electron chi connectivity index (χ0n) is 6.80. The van der Waals surface area contributed by atoms with Gasteiger partial charge in [0, 0.05) is 7.05 Å². The number of carboxylic acid groups (broad SMARTS) is 1. The summed E-state index contributed by atoms with van der Waals surface area (Å²) in [7, 11) is -0.262. The molecule has 0 bridgehead atoms. The van der Waals surface area contributed by atoms with Crippen LogP contribution in [0.15, 0.2) is 0 Å². The molecule has 1 amide bonds. The van der Waals surface area contributed by atoms with Crippen LogP contribution in [-0.4, -0.2) is 31.4 Å². The van der Waals surface area contributed by atoms with Crippen molar-refractivity contribution in [2.24, 2.45) is 0 Å². The molecule has 4 nitrogen and oxygen atoms in total. The van der Waals surface area contributed by atoms with Gasteiger partial charge in [-0.25, -0.2) is 4.79 Å². The first kappa shape index (κ1) is 12.2. The number of amides is 1. The largest absolute Gasteiger partial charge is 0.465 e. The van der Waals surface area contributed by atoms with Gasteiger partial charge in [0.15, 0.2) is 8.32 Å². The Kier molecular flexibility index (Phi) is 6.38. The van der Waals surface area contributed by atoms with E-state index >= 15 is 0 Å². The van der Waals surface area contributed by atoms with E-state index in [-0.39, 0.29) is 0 Å². The van der Waals surface area contributed by atoms with Crippen LogP contribution in [0.1, 0.15) is 0 Å². The maximum absolute atomic E-state index is 9.26. The number of hydrogen-bond acceptors (Lipinski definition) is 2. The van der Waals surface area contributed by atoms with E-state index in [2.05, 4.69) is 0 Å². The maximum Gasteiger partial charge on any atom is 0.404 e. The van der Waals surface area contributed by atoms with Crippen molar-refractivity contribution in [2.45, 2.75) is 19.6 Å². The van der Waals surface area contributed by atoms with E-state index in [4.69, 9.17) is 9.90 Å². The second-order valence-corrected chi connectivity index (χ2v) is 7.07. The average molecular weight is 165 g/mol. The van der Waals surface area contributed by atoms with E-state index in [1.807, 2.05) is 25.0 Å². The summed E-state index contributed by atoms with van der Waals surface area (Å²) >= 11 is 0. The summed E-state index contributed by atoms with van der Waals surface area (Å²) in [6.07, 6.45) is -0.995. The van der Waals surface area contributed by atoms with Gasteiger partial charge >= 0.3 is 6.09 Å². The molecule has 0 radical (unpaired) electrons. The molecule has 0 rings (SSSR count). The Hall–Kier alpha value is -0.553. The van der Waals surface area contributed by atoms with Gasteiger partial charge in [0.05, 0.1) is 0 Å². The van der Waals surface area contributed by atoms with Gasteiger partial charge in [0.25, 0.3) is 0 Å². The van der Waals surface area contributed by atoms with Gasteiger partial charge in [-0.3, -0.25) is 0 Å². The monoisotopic (exact) mass is 165 g/mol. The summed E-state index contributed by atoms with van der Waals surface area (Å²) in [4.78, 5) is 17.9. The molecule has 0 aliphatic heterocycles. The van der Waals surface area contributed by atoms with E-state index in [0.29, 0.717) is 0 Å². The van der Waals surface area contributed by atoms with Crippen molar-refractivity contribution >= 4 is 14.4 Å². The fourth-order valence-electron chi connectivity index (χ4n) is 0. The molecule has 0 aromatic heterocycles. The highest BCUT2D eigenvalue weighted by Gasteiger charge is 2.03. The maximum atomic E-state index is 9.26. The van der Waals surface area contributed by atoms with Crippen molar-refractivity contribution in [3.63, 3.8) is 0 Å². The summed E-state index contributed by atoms with van der Waals surface area (Å²) in [5.74, 6) is 0. The Bertz CT molecular complexity index is 93.6. The van der Waals surface area contributed by atoms with Gasteiger partial charge in [0.2, 0.25) is 0 Å². The van der Waals surface area contributed by atoms with Crippen molar-refractivity contribution < 1.29 is 14.7 Å². The highest BCUT2D eigenvalue weighted by Crippen LogP contribution is 1.88. The predicted molar refractivity (Wildman–Crippen MR) is 42.6 cm³/mol. The molecule has 0 atom stereocenters. The Morgan fingerprint density at radius 3 is 1.50 bits per heavy atom. The molecule has 0 aromatic rings. The molecule has 0 fully saturated rings. The quantitative estimate of drug-likeness (QED) is 0.463. The number of hydrogen-bond donors (Lipinski definition) is 3. The van der Waals surface area contributed by atoms with Gasteiger partial charge in [-0.1, -0.05) is 0 Å². The first-order valence-electron chi connectivity index (χ1n) is 2.90. The summed E-state index contributed by atoms with van der Waals surface area (Å²) in [6, 6.07) is 0. The van der Waals surface area contributed by atoms with Gasteiger partial charge in [0.1, 0.15) is 0 Å². The minimum atomic E-state index is -1.61. The van der Waals surface area contributed by atoms with E-state index in [1.54, 1.807) is 0 Å². The van der Waals surface area contributed by atoms with Crippen LogP contribution >= 0.6 is 0 Å². The van der Waals surface area contributed by atoms with Crippen LogP contribution in [0.5, 0.6) is 0 Å². The third-order valence-electron chi connectivity index (χ3n) is 0.214. The highest BCUT2D eigenvalue weighted by molar-refractivity contribution is 6.68. The molecule has 0 saturated heterocycles. The fourth-order valence-corrected chi connectivity index (χ4v) is 0. The Balaban J connectivity index is 0. The van der Waals surface area contributed by atoms with Crippen LogP contribution < -0.4 is 5.32 Å². The standard InChI is InChI=1S/C3H10OSi.C2H5NO2/c1-5(2,3)4;1-3-2(4)5/h4H,1-3H3;3H,1H3,(H,4,5). The van der Waals surface area contributed by atoms with Crippen LogP contribution in [0.4, 0.5) is 4.79 Å². The molecule has 0 saturated carbocycles. The number of nitrogens with one attached hydrogen (secondary N) is 1. The Morgan fingerprint density at radius 2 is 1.50 bits per heavy atom. The van der Waals surface area contributed by atoms with Crippen molar-refractivity contribution in [1.82, 2.24) is 5.32 Å². The summed E-state index contributed by atoms with van der Waals surface area (Å²) in [6.45, 7) is 5.65. The zero-order chi connectivity index (χ0) is 8.78. The highest BCUT2D eigenvalue weighted by atomic mass is 28.4. The first-order valence-corrected chi connectivity index (χ1v) is 6.35. The molecule has 0 spiro atoms. The molecule has 10 heavy (non-hydrogen) atoms. The third kappa shape index (κ3) is 148. The smallest absolute Gasteiger partial charge is 0.404 e. The fraction of sp³-hybridized carbons (Fsp3) is 0.800. The normalized spacial score (nSPS) is 9.30. The average Bonchev–Trinajstić information content (AvgIpc) is 1.61. The molecule has 0 aliphatic carbocycles. The lowest BCUT2D eigenvalue weighted by Gasteiger charge is -2.00. The minimum absolute atomic E-state index is 0.995. The SMILES string of the molecule is CNC(=O)O.C[Si](C)(C)O. The minimum Gasteiger partial charge on any atom is -0.465 e. The summed E-state index contributed by atoms with van der Waals surface area (Å²) < 4.78 is 0. The van der Waals surface area contributed by atoms with Gasteiger partial charge < -0.3 is 15.2 Å². The molecule has 3 N–H and O–H groups in total. The molecule has 0 unspecified atom stereocenters. The van der Waals surface area contributed by atoms with E-state index in [1.165, 1.54) is 7.05 Å². The van der Waals surface area contributed by atoms with Crippen LogP contribution in [0.2, 0.25) is 19.6 Å². The van der Waals surface area contributed by atoms with Gasteiger partial charge in [-0.15, -0.1) is 0 Å². The first-order chi connectivity index (χ1) is 4.27.